The summed E-state index contributed by atoms with van der Waals surface area (Å²) >= 11 is 6.01. The third-order valence-corrected chi connectivity index (χ3v) is 4.09. The fourth-order valence-electron chi connectivity index (χ4n) is 2.73. The van der Waals surface area contributed by atoms with Crippen molar-refractivity contribution in [1.29, 1.82) is 0 Å². The molecule has 0 spiro atoms. The van der Waals surface area contributed by atoms with Crippen molar-refractivity contribution in [3.05, 3.63) is 41.0 Å². The number of aromatic nitrogens is 2. The van der Waals surface area contributed by atoms with Gasteiger partial charge in [-0.3, -0.25) is 5.32 Å². The number of rotatable bonds is 2. The van der Waals surface area contributed by atoms with Crippen molar-refractivity contribution in [3.63, 3.8) is 0 Å². The Morgan fingerprint density at radius 1 is 1.43 bits per heavy atom. The number of urea groups is 1. The van der Waals surface area contributed by atoms with Crippen molar-refractivity contribution in [2.75, 3.05) is 18.4 Å². The molecule has 3 rings (SSSR count). The maximum atomic E-state index is 12.3. The van der Waals surface area contributed by atoms with Gasteiger partial charge in [0.15, 0.2) is 5.82 Å². The van der Waals surface area contributed by atoms with E-state index >= 15 is 0 Å². The number of piperidine rings is 1. The Kier molecular flexibility index (Phi) is 4.54. The first-order valence-electron chi connectivity index (χ1n) is 7.59. The summed E-state index contributed by atoms with van der Waals surface area (Å²) in [7, 11) is 0. The van der Waals surface area contributed by atoms with Gasteiger partial charge in [0.25, 0.3) is 0 Å². The number of benzene rings is 1. The molecule has 7 heteroatoms. The quantitative estimate of drug-likeness (QED) is 0.887. The second-order valence-electron chi connectivity index (χ2n) is 5.73. The summed E-state index contributed by atoms with van der Waals surface area (Å²) in [6.07, 6.45) is 1.11. The predicted molar refractivity (Wildman–Crippen MR) is 89.1 cm³/mol. The van der Waals surface area contributed by atoms with Crippen molar-refractivity contribution in [1.82, 2.24) is 14.7 Å². The minimum absolute atomic E-state index is 0.237. The Bertz CT molecular complexity index is 716. The van der Waals surface area contributed by atoms with Crippen LogP contribution in [0.3, 0.4) is 0 Å². The van der Waals surface area contributed by atoms with E-state index in [1.807, 2.05) is 25.1 Å². The first-order chi connectivity index (χ1) is 11.0. The molecule has 1 atom stereocenters. The van der Waals surface area contributed by atoms with Crippen LogP contribution in [0.2, 0.25) is 5.02 Å². The first-order valence-corrected chi connectivity index (χ1v) is 7.97. The number of anilines is 1. The molecule has 0 saturated carbocycles. The van der Waals surface area contributed by atoms with Gasteiger partial charge in [-0.1, -0.05) is 17.7 Å². The molecule has 23 heavy (non-hydrogen) atoms. The summed E-state index contributed by atoms with van der Waals surface area (Å²) in [5.41, 5.74) is 1.73. The number of aliphatic hydroxyl groups excluding tert-OH is 1. The molecule has 0 radical (unpaired) electrons. The average molecular weight is 335 g/mol. The number of likely N-dealkylation sites (tertiary alicyclic amines) is 1. The number of aryl methyl sites for hydroxylation is 1. The topological polar surface area (TPSA) is 70.4 Å². The fourth-order valence-corrected chi connectivity index (χ4v) is 2.92. The van der Waals surface area contributed by atoms with Crippen LogP contribution in [-0.4, -0.2) is 45.0 Å². The summed E-state index contributed by atoms with van der Waals surface area (Å²) in [6.45, 7) is 2.92. The number of nitrogens with one attached hydrogen (secondary N) is 1. The van der Waals surface area contributed by atoms with E-state index in [1.165, 1.54) is 0 Å². The lowest BCUT2D eigenvalue weighted by Crippen LogP contribution is -2.44. The van der Waals surface area contributed by atoms with Gasteiger partial charge >= 0.3 is 6.03 Å². The number of carbonyl (C=O) groups excluding carboxylic acids is 1. The number of halogens is 1. The van der Waals surface area contributed by atoms with Gasteiger partial charge < -0.3 is 10.0 Å². The number of aliphatic hydroxyl groups is 1. The standard InChI is InChI=1S/C16H19ClN4O2/c1-11-8-15(18-16(23)20-7-3-6-14(22)10-20)19-21(11)13-5-2-4-12(17)9-13/h2,4-5,8-9,14,22H,3,6-7,10H2,1H3,(H,18,19,23)/t14-/m0/s1. The zero-order chi connectivity index (χ0) is 16.4. The lowest BCUT2D eigenvalue weighted by molar-refractivity contribution is 0.0883. The fraction of sp³-hybridized carbons (Fsp3) is 0.375. The Balaban J connectivity index is 1.74. The predicted octanol–water partition coefficient (Wildman–Crippen LogP) is 2.82. The van der Waals surface area contributed by atoms with Gasteiger partial charge in [-0.05, 0) is 38.0 Å². The maximum absolute atomic E-state index is 12.3. The number of hydrogen-bond acceptors (Lipinski definition) is 3. The van der Waals surface area contributed by atoms with E-state index < -0.39 is 6.10 Å². The van der Waals surface area contributed by atoms with Crippen LogP contribution in [0.1, 0.15) is 18.5 Å². The molecule has 0 bridgehead atoms. The third kappa shape index (κ3) is 3.65. The Hall–Kier alpha value is -2.05. The molecule has 1 aliphatic heterocycles. The number of amides is 2. The molecular weight excluding hydrogens is 316 g/mol. The summed E-state index contributed by atoms with van der Waals surface area (Å²) in [5, 5.41) is 17.5. The van der Waals surface area contributed by atoms with Crippen LogP contribution in [-0.2, 0) is 0 Å². The maximum Gasteiger partial charge on any atom is 0.323 e. The van der Waals surface area contributed by atoms with Crippen LogP contribution in [0.25, 0.3) is 5.69 Å². The minimum Gasteiger partial charge on any atom is -0.391 e. The van der Waals surface area contributed by atoms with E-state index in [0.717, 1.165) is 24.2 Å². The normalized spacial score (nSPS) is 18.0. The monoisotopic (exact) mass is 334 g/mol. The highest BCUT2D eigenvalue weighted by Gasteiger charge is 2.22. The van der Waals surface area contributed by atoms with Crippen molar-refractivity contribution in [3.8, 4) is 5.69 Å². The van der Waals surface area contributed by atoms with Gasteiger partial charge in [0.05, 0.1) is 11.8 Å². The van der Waals surface area contributed by atoms with Crippen LogP contribution in [0.4, 0.5) is 10.6 Å². The van der Waals surface area contributed by atoms with Gasteiger partial charge in [-0.15, -0.1) is 5.10 Å². The average Bonchev–Trinajstić information content (AvgIpc) is 2.88. The van der Waals surface area contributed by atoms with E-state index in [4.69, 9.17) is 11.6 Å². The Labute approximate surface area is 139 Å². The number of hydrogen-bond donors (Lipinski definition) is 2. The van der Waals surface area contributed by atoms with Gasteiger partial charge in [0.1, 0.15) is 0 Å². The van der Waals surface area contributed by atoms with Crippen molar-refractivity contribution < 1.29 is 9.90 Å². The molecule has 2 N–H and O–H groups in total. The molecule has 0 unspecified atom stereocenters. The highest BCUT2D eigenvalue weighted by Crippen LogP contribution is 2.19. The van der Waals surface area contributed by atoms with E-state index in [0.29, 0.717) is 23.9 Å². The van der Waals surface area contributed by atoms with Gasteiger partial charge in [-0.2, -0.15) is 0 Å². The molecule has 2 heterocycles. The summed E-state index contributed by atoms with van der Waals surface area (Å²) in [6, 6.07) is 8.94. The van der Waals surface area contributed by atoms with Gasteiger partial charge in [-0.25, -0.2) is 9.48 Å². The molecule has 1 aromatic carbocycles. The Morgan fingerprint density at radius 3 is 3.00 bits per heavy atom. The summed E-state index contributed by atoms with van der Waals surface area (Å²) in [4.78, 5) is 13.9. The molecule has 1 saturated heterocycles. The molecule has 0 aliphatic carbocycles. The molecule has 2 amide bonds. The lowest BCUT2D eigenvalue weighted by Gasteiger charge is -2.29. The van der Waals surface area contributed by atoms with Crippen LogP contribution < -0.4 is 5.32 Å². The van der Waals surface area contributed by atoms with Gasteiger partial charge in [0, 0.05) is 29.9 Å². The number of carbonyl (C=O) groups is 1. The number of nitrogens with zero attached hydrogens (tertiary/aromatic N) is 3. The summed E-state index contributed by atoms with van der Waals surface area (Å²) in [5.74, 6) is 0.479. The van der Waals surface area contributed by atoms with E-state index in [1.54, 1.807) is 21.7 Å². The van der Waals surface area contributed by atoms with Crippen LogP contribution in [0, 0.1) is 6.92 Å². The lowest BCUT2D eigenvalue weighted by atomic mass is 10.1. The second-order valence-corrected chi connectivity index (χ2v) is 6.17. The van der Waals surface area contributed by atoms with Gasteiger partial charge in [0.2, 0.25) is 0 Å². The zero-order valence-corrected chi connectivity index (χ0v) is 13.6. The molecule has 122 valence electrons. The molecular formula is C16H19ClN4O2. The highest BCUT2D eigenvalue weighted by atomic mass is 35.5. The second kappa shape index (κ2) is 6.60. The first kappa shape index (κ1) is 15.8. The highest BCUT2D eigenvalue weighted by molar-refractivity contribution is 6.30. The molecule has 1 fully saturated rings. The zero-order valence-electron chi connectivity index (χ0n) is 12.9. The third-order valence-electron chi connectivity index (χ3n) is 3.86. The molecule has 6 nitrogen and oxygen atoms in total. The number of β-amino-alcohol motifs (C(OH)–C–C–N with tert-alkyl or cyclic N) is 1. The van der Waals surface area contributed by atoms with E-state index in [9.17, 15) is 9.90 Å². The van der Waals surface area contributed by atoms with E-state index in [-0.39, 0.29) is 6.03 Å². The Morgan fingerprint density at radius 2 is 2.26 bits per heavy atom. The summed E-state index contributed by atoms with van der Waals surface area (Å²) < 4.78 is 1.73. The molecule has 2 aromatic rings. The van der Waals surface area contributed by atoms with E-state index in [2.05, 4.69) is 10.4 Å². The molecule has 1 aliphatic rings. The van der Waals surface area contributed by atoms with Crippen LogP contribution >= 0.6 is 11.6 Å². The largest absolute Gasteiger partial charge is 0.391 e. The van der Waals surface area contributed by atoms with Crippen molar-refractivity contribution in [2.45, 2.75) is 25.9 Å². The SMILES string of the molecule is Cc1cc(NC(=O)N2CCC[C@H](O)C2)nn1-c1cccc(Cl)c1. The van der Waals surface area contributed by atoms with Crippen LogP contribution in [0.15, 0.2) is 30.3 Å². The van der Waals surface area contributed by atoms with Crippen molar-refractivity contribution >= 4 is 23.4 Å². The van der Waals surface area contributed by atoms with Crippen molar-refractivity contribution in [2.24, 2.45) is 0 Å². The molecule has 1 aromatic heterocycles. The minimum atomic E-state index is -0.444. The smallest absolute Gasteiger partial charge is 0.323 e. The van der Waals surface area contributed by atoms with Crippen LogP contribution in [0.5, 0.6) is 0 Å².